The predicted molar refractivity (Wildman–Crippen MR) is 125 cm³/mol. The average molecular weight is 417 g/mol. The largest absolute Gasteiger partial charge is 0.483 e. The molecule has 160 valence electrons. The van der Waals surface area contributed by atoms with E-state index in [-0.39, 0.29) is 12.5 Å². The van der Waals surface area contributed by atoms with Crippen molar-refractivity contribution in [2.24, 2.45) is 0 Å². The van der Waals surface area contributed by atoms with Crippen LogP contribution in [0.5, 0.6) is 5.75 Å². The predicted octanol–water partition coefficient (Wildman–Crippen LogP) is 4.04. The van der Waals surface area contributed by atoms with E-state index < -0.39 is 0 Å². The molecule has 0 atom stereocenters. The first-order valence-electron chi connectivity index (χ1n) is 10.6. The first-order valence-corrected chi connectivity index (χ1v) is 10.6. The number of carbonyl (C=O) groups is 1. The zero-order chi connectivity index (χ0) is 21.6. The third-order valence-corrected chi connectivity index (χ3v) is 5.51. The third kappa shape index (κ3) is 5.15. The molecule has 2 heterocycles. The monoisotopic (exact) mass is 416 g/mol. The number of aryl methyl sites for hydroxylation is 2. The lowest BCUT2D eigenvalue weighted by atomic mass is 10.1. The Morgan fingerprint density at radius 2 is 1.58 bits per heavy atom. The molecule has 1 aliphatic rings. The van der Waals surface area contributed by atoms with Crippen molar-refractivity contribution in [1.29, 1.82) is 0 Å². The number of carbonyl (C=O) groups excluding carboxylic acids is 1. The first kappa shape index (κ1) is 20.7. The number of hydrogen-bond donors (Lipinski definition) is 1. The number of ether oxygens (including phenoxy) is 1. The summed E-state index contributed by atoms with van der Waals surface area (Å²) in [5.74, 6) is 1.49. The molecule has 0 aliphatic carbocycles. The van der Waals surface area contributed by atoms with Gasteiger partial charge in [-0.05, 0) is 49.2 Å². The number of benzene rings is 2. The molecular weight excluding hydrogens is 388 g/mol. The van der Waals surface area contributed by atoms with Gasteiger partial charge >= 0.3 is 0 Å². The molecule has 0 spiro atoms. The summed E-state index contributed by atoms with van der Waals surface area (Å²) < 4.78 is 5.72. The van der Waals surface area contributed by atoms with Gasteiger partial charge in [-0.25, -0.2) is 4.98 Å². The SMILES string of the molecule is Cc1cccc(C)c1OCC(=O)Nc1ccc(N2CCN(c3ccccc3)CC2)nc1. The molecule has 0 radical (unpaired) electrons. The lowest BCUT2D eigenvalue weighted by Crippen LogP contribution is -2.46. The fraction of sp³-hybridized carbons (Fsp3) is 0.280. The second-order valence-corrected chi connectivity index (χ2v) is 7.77. The zero-order valence-corrected chi connectivity index (χ0v) is 18.0. The van der Waals surface area contributed by atoms with E-state index >= 15 is 0 Å². The van der Waals surface area contributed by atoms with Crippen LogP contribution in [0.25, 0.3) is 0 Å². The van der Waals surface area contributed by atoms with E-state index in [0.717, 1.165) is 48.9 Å². The number of piperazine rings is 1. The van der Waals surface area contributed by atoms with Crippen molar-refractivity contribution >= 4 is 23.1 Å². The Labute approximate surface area is 183 Å². The minimum atomic E-state index is -0.200. The van der Waals surface area contributed by atoms with Crippen LogP contribution in [0.15, 0.2) is 66.9 Å². The van der Waals surface area contributed by atoms with Gasteiger partial charge in [0.05, 0.1) is 11.9 Å². The quantitative estimate of drug-likeness (QED) is 0.657. The topological polar surface area (TPSA) is 57.7 Å². The molecule has 1 N–H and O–H groups in total. The van der Waals surface area contributed by atoms with E-state index in [1.807, 2.05) is 50.2 Å². The Bertz CT molecular complexity index is 993. The van der Waals surface area contributed by atoms with Crippen molar-refractivity contribution in [3.05, 3.63) is 78.0 Å². The summed E-state index contributed by atoms with van der Waals surface area (Å²) in [6.45, 7) is 7.66. The molecule has 1 saturated heterocycles. The van der Waals surface area contributed by atoms with Gasteiger partial charge < -0.3 is 19.9 Å². The fourth-order valence-electron chi connectivity index (χ4n) is 3.84. The van der Waals surface area contributed by atoms with E-state index in [4.69, 9.17) is 4.74 Å². The second kappa shape index (κ2) is 9.51. The standard InChI is InChI=1S/C25H28N4O2/c1-19-7-6-8-20(2)25(19)31-18-24(30)27-21-11-12-23(26-17-21)29-15-13-28(14-16-29)22-9-4-3-5-10-22/h3-12,17H,13-16,18H2,1-2H3,(H,27,30). The van der Waals surface area contributed by atoms with Crippen LogP contribution in [0.1, 0.15) is 11.1 Å². The van der Waals surface area contributed by atoms with Crippen molar-refractivity contribution in [2.45, 2.75) is 13.8 Å². The summed E-state index contributed by atoms with van der Waals surface area (Å²) >= 11 is 0. The van der Waals surface area contributed by atoms with Gasteiger partial charge in [0.1, 0.15) is 11.6 Å². The number of amides is 1. The van der Waals surface area contributed by atoms with Gasteiger partial charge in [0, 0.05) is 31.9 Å². The Morgan fingerprint density at radius 3 is 2.23 bits per heavy atom. The summed E-state index contributed by atoms with van der Waals surface area (Å²) in [6.07, 6.45) is 1.70. The number of rotatable bonds is 6. The van der Waals surface area contributed by atoms with Gasteiger partial charge in [-0.15, -0.1) is 0 Å². The van der Waals surface area contributed by atoms with Gasteiger partial charge in [0.25, 0.3) is 5.91 Å². The summed E-state index contributed by atoms with van der Waals surface area (Å²) in [7, 11) is 0. The van der Waals surface area contributed by atoms with Crippen molar-refractivity contribution in [3.8, 4) is 5.75 Å². The van der Waals surface area contributed by atoms with E-state index in [1.54, 1.807) is 6.20 Å². The maximum absolute atomic E-state index is 12.3. The molecule has 31 heavy (non-hydrogen) atoms. The number of hydrogen-bond acceptors (Lipinski definition) is 5. The zero-order valence-electron chi connectivity index (χ0n) is 18.0. The van der Waals surface area contributed by atoms with Gasteiger partial charge in [-0.3, -0.25) is 4.79 Å². The molecule has 0 saturated carbocycles. The van der Waals surface area contributed by atoms with Crippen LogP contribution < -0.4 is 19.9 Å². The van der Waals surface area contributed by atoms with E-state index in [0.29, 0.717) is 5.69 Å². The van der Waals surface area contributed by atoms with Crippen LogP contribution in [0, 0.1) is 13.8 Å². The molecular formula is C25H28N4O2. The highest BCUT2D eigenvalue weighted by Gasteiger charge is 2.18. The smallest absolute Gasteiger partial charge is 0.262 e. The number of pyridine rings is 1. The van der Waals surface area contributed by atoms with Crippen molar-refractivity contribution in [2.75, 3.05) is 47.9 Å². The molecule has 0 bridgehead atoms. The number of nitrogens with one attached hydrogen (secondary N) is 1. The molecule has 1 aliphatic heterocycles. The Hall–Kier alpha value is -3.54. The minimum Gasteiger partial charge on any atom is -0.483 e. The van der Waals surface area contributed by atoms with E-state index in [9.17, 15) is 4.79 Å². The highest BCUT2D eigenvalue weighted by Crippen LogP contribution is 2.23. The second-order valence-electron chi connectivity index (χ2n) is 7.77. The maximum Gasteiger partial charge on any atom is 0.262 e. The van der Waals surface area contributed by atoms with Crippen LogP contribution in [-0.4, -0.2) is 43.7 Å². The molecule has 4 rings (SSSR count). The molecule has 1 fully saturated rings. The molecule has 6 heteroatoms. The van der Waals surface area contributed by atoms with Crippen LogP contribution in [0.4, 0.5) is 17.2 Å². The fourth-order valence-corrected chi connectivity index (χ4v) is 3.84. The first-order chi connectivity index (χ1) is 15.1. The lowest BCUT2D eigenvalue weighted by Gasteiger charge is -2.36. The normalized spacial score (nSPS) is 13.7. The summed E-state index contributed by atoms with van der Waals surface area (Å²) in [4.78, 5) is 21.5. The van der Waals surface area contributed by atoms with Gasteiger partial charge in [-0.2, -0.15) is 0 Å². The Balaban J connectivity index is 1.28. The average Bonchev–Trinajstić information content (AvgIpc) is 2.80. The highest BCUT2D eigenvalue weighted by molar-refractivity contribution is 5.91. The van der Waals surface area contributed by atoms with Crippen LogP contribution in [0.3, 0.4) is 0 Å². The molecule has 3 aromatic rings. The number of nitrogens with zero attached hydrogens (tertiary/aromatic N) is 3. The van der Waals surface area contributed by atoms with E-state index in [2.05, 4.69) is 44.4 Å². The molecule has 6 nitrogen and oxygen atoms in total. The van der Waals surface area contributed by atoms with Crippen LogP contribution in [-0.2, 0) is 4.79 Å². The van der Waals surface area contributed by atoms with Crippen LogP contribution >= 0.6 is 0 Å². The lowest BCUT2D eigenvalue weighted by molar-refractivity contribution is -0.118. The Kier molecular flexibility index (Phi) is 6.36. The molecule has 0 unspecified atom stereocenters. The highest BCUT2D eigenvalue weighted by atomic mass is 16.5. The number of anilines is 3. The summed E-state index contributed by atoms with van der Waals surface area (Å²) in [5, 5.41) is 2.86. The third-order valence-electron chi connectivity index (χ3n) is 5.51. The van der Waals surface area contributed by atoms with Gasteiger partial charge in [-0.1, -0.05) is 36.4 Å². The summed E-state index contributed by atoms with van der Waals surface area (Å²) in [6, 6.07) is 20.3. The number of para-hydroxylation sites is 2. The molecule has 1 amide bonds. The van der Waals surface area contributed by atoms with E-state index in [1.165, 1.54) is 5.69 Å². The maximum atomic E-state index is 12.3. The molecule has 2 aromatic carbocycles. The minimum absolute atomic E-state index is 0.0328. The van der Waals surface area contributed by atoms with Gasteiger partial charge in [0.15, 0.2) is 6.61 Å². The van der Waals surface area contributed by atoms with Crippen molar-refractivity contribution in [1.82, 2.24) is 4.98 Å². The van der Waals surface area contributed by atoms with Gasteiger partial charge in [0.2, 0.25) is 0 Å². The number of aromatic nitrogens is 1. The summed E-state index contributed by atoms with van der Waals surface area (Å²) in [5.41, 5.74) is 3.97. The molecule has 1 aromatic heterocycles. The van der Waals surface area contributed by atoms with Crippen molar-refractivity contribution in [3.63, 3.8) is 0 Å². The van der Waals surface area contributed by atoms with Crippen LogP contribution in [0.2, 0.25) is 0 Å². The Morgan fingerprint density at radius 1 is 0.903 bits per heavy atom. The van der Waals surface area contributed by atoms with Crippen molar-refractivity contribution < 1.29 is 9.53 Å².